The van der Waals surface area contributed by atoms with Crippen LogP contribution in [-0.2, 0) is 16.1 Å². The van der Waals surface area contributed by atoms with Crippen molar-refractivity contribution in [2.75, 3.05) is 41.7 Å². The molecule has 0 spiro atoms. The Balaban J connectivity index is 0.799. The van der Waals surface area contributed by atoms with E-state index in [-0.39, 0.29) is 54.6 Å². The number of alkyl halides is 2. The van der Waals surface area contributed by atoms with E-state index in [2.05, 4.69) is 30.6 Å². The Morgan fingerprint density at radius 3 is 2.43 bits per heavy atom. The average molecular weight is 793 g/mol. The third kappa shape index (κ3) is 7.69. The molecule has 6 heterocycles. The summed E-state index contributed by atoms with van der Waals surface area (Å²) in [5, 5.41) is 24.5. The minimum absolute atomic E-state index is 0.110. The van der Waals surface area contributed by atoms with E-state index in [1.54, 1.807) is 18.2 Å². The van der Waals surface area contributed by atoms with E-state index in [4.69, 9.17) is 15.7 Å². The molecule has 2 aromatic heterocycles. The van der Waals surface area contributed by atoms with E-state index in [1.807, 2.05) is 53.6 Å². The highest BCUT2D eigenvalue weighted by atomic mass is 19.3. The summed E-state index contributed by atoms with van der Waals surface area (Å²) in [4.78, 5) is 40.2. The number of anilines is 3. The predicted molar refractivity (Wildman–Crippen MR) is 215 cm³/mol. The first-order chi connectivity index (χ1) is 28.1. The Labute approximate surface area is 336 Å². The Morgan fingerprint density at radius 2 is 1.67 bits per heavy atom. The molecule has 4 atom stereocenters. The quantitative estimate of drug-likeness (QED) is 0.166. The van der Waals surface area contributed by atoms with Crippen molar-refractivity contribution >= 4 is 29.3 Å². The summed E-state index contributed by atoms with van der Waals surface area (Å²) in [5.74, 6) is -2.85. The lowest BCUT2D eigenvalue weighted by atomic mass is 9.80. The maximum Gasteiger partial charge on any atom is 0.267 e. The second-order valence-corrected chi connectivity index (χ2v) is 16.7. The number of amides is 2. The van der Waals surface area contributed by atoms with Crippen molar-refractivity contribution in [3.8, 4) is 17.0 Å². The van der Waals surface area contributed by atoms with E-state index < -0.39 is 17.9 Å². The molecule has 2 aromatic carbocycles. The molecular formula is C43H50F2N10O3. The molecule has 5 aliphatic rings. The number of halogens is 2. The first-order valence-corrected chi connectivity index (χ1v) is 20.6. The fourth-order valence-electron chi connectivity index (χ4n) is 10.1. The molecule has 15 heteroatoms. The number of likely N-dealkylation sites (tertiary alicyclic amines) is 1. The van der Waals surface area contributed by atoms with Crippen molar-refractivity contribution < 1.29 is 23.5 Å². The molecule has 4 saturated heterocycles. The SMILES string of the molecule is Nc1nnc(-c2ccccc2O)cc1N1C[C@H]2CC[C@@H](C1)N2c1nccc(C2CCC(N3CC[C@@H](c4cccc(CN[C@@H]5CCC(=O)NC5=O)c4)C(F)(F)C3)CC2)n1. The maximum atomic E-state index is 15.9. The molecule has 304 valence electrons. The van der Waals surface area contributed by atoms with Gasteiger partial charge in [-0.2, -0.15) is 0 Å². The van der Waals surface area contributed by atoms with Crippen molar-refractivity contribution in [2.45, 2.75) is 106 Å². The van der Waals surface area contributed by atoms with Crippen LogP contribution in [0.3, 0.4) is 0 Å². The molecule has 1 aliphatic carbocycles. The Bertz CT molecular complexity index is 2150. The monoisotopic (exact) mass is 792 g/mol. The van der Waals surface area contributed by atoms with Crippen molar-refractivity contribution in [3.05, 3.63) is 83.7 Å². The highest BCUT2D eigenvalue weighted by Gasteiger charge is 2.47. The van der Waals surface area contributed by atoms with Gasteiger partial charge >= 0.3 is 0 Å². The van der Waals surface area contributed by atoms with Gasteiger partial charge in [-0.15, -0.1) is 10.2 Å². The number of nitrogens with zero attached hydrogens (tertiary/aromatic N) is 7. The largest absolute Gasteiger partial charge is 0.507 e. The number of piperazine rings is 1. The number of hydrogen-bond acceptors (Lipinski definition) is 12. The van der Waals surface area contributed by atoms with Crippen molar-refractivity contribution in [3.63, 3.8) is 0 Å². The number of nitrogen functional groups attached to an aromatic ring is 1. The van der Waals surface area contributed by atoms with Gasteiger partial charge in [-0.1, -0.05) is 36.4 Å². The number of phenolic OH excluding ortho intramolecular Hbond substituents is 1. The zero-order valence-electron chi connectivity index (χ0n) is 32.4. The van der Waals surface area contributed by atoms with Gasteiger partial charge in [0.1, 0.15) is 5.75 Å². The minimum atomic E-state index is -2.87. The van der Waals surface area contributed by atoms with Crippen LogP contribution in [0.1, 0.15) is 86.4 Å². The zero-order chi connectivity index (χ0) is 40.0. The average Bonchev–Trinajstić information content (AvgIpc) is 3.49. The summed E-state index contributed by atoms with van der Waals surface area (Å²) >= 11 is 0. The number of carbonyl (C=O) groups is 2. The third-order valence-corrected chi connectivity index (χ3v) is 13.1. The predicted octanol–water partition coefficient (Wildman–Crippen LogP) is 5.12. The van der Waals surface area contributed by atoms with Crippen molar-refractivity contribution in [1.82, 2.24) is 35.7 Å². The van der Waals surface area contributed by atoms with Gasteiger partial charge in [0.2, 0.25) is 17.8 Å². The zero-order valence-corrected chi connectivity index (χ0v) is 32.4. The van der Waals surface area contributed by atoms with Crippen LogP contribution >= 0.6 is 0 Å². The fourth-order valence-corrected chi connectivity index (χ4v) is 10.1. The maximum absolute atomic E-state index is 15.9. The molecule has 4 aromatic rings. The molecular weight excluding hydrogens is 743 g/mol. The van der Waals surface area contributed by atoms with E-state index in [9.17, 15) is 14.7 Å². The second-order valence-electron chi connectivity index (χ2n) is 16.7. The van der Waals surface area contributed by atoms with Crippen LogP contribution in [0.4, 0.5) is 26.2 Å². The molecule has 0 radical (unpaired) electrons. The first-order valence-electron chi connectivity index (χ1n) is 20.6. The number of aromatic nitrogens is 4. The number of hydrogen-bond donors (Lipinski definition) is 4. The molecule has 13 nitrogen and oxygen atoms in total. The number of piperidine rings is 2. The number of para-hydroxylation sites is 1. The van der Waals surface area contributed by atoms with Crippen molar-refractivity contribution in [2.24, 2.45) is 0 Å². The Morgan fingerprint density at radius 1 is 0.897 bits per heavy atom. The fraction of sp³-hybridized carbons (Fsp3) is 0.488. The van der Waals surface area contributed by atoms with Crippen LogP contribution in [-0.4, -0.2) is 98.3 Å². The standard InChI is InChI=1S/C43H50F2N10O3/c44-43(45)25-53(19-17-33(43)28-5-3-4-26(20-28)22-48-35-14-15-39(57)50-41(35)58)29-10-8-27(9-11-29)34-16-18-47-42(49-34)55-30-12-13-31(55)24-54(23-30)37-21-36(51-52-40(37)46)32-6-1-2-7-38(32)56/h1-7,16,18,20-21,27,29-31,33,35,48,56H,8-15,17,19,22-25H2,(H2,46,52)(H,50,57,58)/t27?,29?,30-,31+,33-,35+/m0/s1. The van der Waals surface area contributed by atoms with Gasteiger partial charge in [0.05, 0.1) is 29.9 Å². The van der Waals surface area contributed by atoms with Crippen LogP contribution < -0.4 is 26.2 Å². The van der Waals surface area contributed by atoms with E-state index in [0.29, 0.717) is 48.6 Å². The summed E-state index contributed by atoms with van der Waals surface area (Å²) in [6, 6.07) is 18.4. The summed E-state index contributed by atoms with van der Waals surface area (Å²) in [5.41, 5.74) is 10.8. The van der Waals surface area contributed by atoms with Crippen LogP contribution in [0.15, 0.2) is 66.9 Å². The molecule has 0 unspecified atom stereocenters. The molecule has 58 heavy (non-hydrogen) atoms. The van der Waals surface area contributed by atoms with Gasteiger partial charge < -0.3 is 26.0 Å². The second kappa shape index (κ2) is 15.8. The summed E-state index contributed by atoms with van der Waals surface area (Å²) in [6.07, 6.45) is 8.46. The van der Waals surface area contributed by atoms with Crippen LogP contribution in [0.2, 0.25) is 0 Å². The summed E-state index contributed by atoms with van der Waals surface area (Å²) < 4.78 is 31.9. The van der Waals surface area contributed by atoms with Crippen molar-refractivity contribution in [1.29, 1.82) is 0 Å². The Kier molecular flexibility index (Phi) is 10.4. The lowest BCUT2D eigenvalue weighted by Crippen LogP contribution is -2.54. The molecule has 5 fully saturated rings. The molecule has 2 amide bonds. The third-order valence-electron chi connectivity index (χ3n) is 13.1. The lowest BCUT2D eigenvalue weighted by molar-refractivity contribution is -0.134. The smallest absolute Gasteiger partial charge is 0.267 e. The van der Waals surface area contributed by atoms with E-state index in [0.717, 1.165) is 74.5 Å². The first kappa shape index (κ1) is 38.2. The van der Waals surface area contributed by atoms with Gasteiger partial charge in [-0.25, -0.2) is 18.7 Å². The number of fused-ring (bicyclic) bond motifs is 2. The molecule has 4 aliphatic heterocycles. The molecule has 1 saturated carbocycles. The van der Waals surface area contributed by atoms with Crippen LogP contribution in [0, 0.1) is 0 Å². The number of rotatable bonds is 9. The number of nitrogens with one attached hydrogen (secondary N) is 2. The Hall–Kier alpha value is -5.28. The van der Waals surface area contributed by atoms with Crippen LogP contribution in [0.25, 0.3) is 11.3 Å². The van der Waals surface area contributed by atoms with Gasteiger partial charge in [0, 0.05) is 67.6 Å². The number of aromatic hydroxyl groups is 1. The minimum Gasteiger partial charge on any atom is -0.507 e. The topological polar surface area (TPSA) is 166 Å². The highest BCUT2D eigenvalue weighted by molar-refractivity contribution is 6.00. The molecule has 5 N–H and O–H groups in total. The number of benzene rings is 2. The van der Waals surface area contributed by atoms with Gasteiger partial charge in [-0.3, -0.25) is 19.8 Å². The normalized spacial score (nSPS) is 27.4. The summed E-state index contributed by atoms with van der Waals surface area (Å²) in [7, 11) is 0. The molecule has 2 bridgehead atoms. The lowest BCUT2D eigenvalue weighted by Gasteiger charge is -2.44. The van der Waals surface area contributed by atoms with Gasteiger partial charge in [0.15, 0.2) is 5.82 Å². The van der Waals surface area contributed by atoms with Gasteiger partial charge in [0.25, 0.3) is 5.92 Å². The van der Waals surface area contributed by atoms with Gasteiger partial charge in [-0.05, 0) is 93.3 Å². The summed E-state index contributed by atoms with van der Waals surface area (Å²) in [6.45, 7) is 2.20. The van der Waals surface area contributed by atoms with Crippen LogP contribution in [0.5, 0.6) is 5.75 Å². The van der Waals surface area contributed by atoms with E-state index in [1.165, 1.54) is 0 Å². The highest BCUT2D eigenvalue weighted by Crippen LogP contribution is 2.44. The number of nitrogens with two attached hydrogens (primary N) is 1. The van der Waals surface area contributed by atoms with E-state index >= 15 is 8.78 Å². The number of phenols is 1. The number of carbonyl (C=O) groups excluding carboxylic acids is 2. The number of imide groups is 1. The molecule has 9 rings (SSSR count).